The van der Waals surface area contributed by atoms with Crippen molar-refractivity contribution < 1.29 is 33.0 Å². The molecule has 9 heteroatoms. The molecule has 0 spiro atoms. The number of nitrogens with one attached hydrogen (secondary N) is 1. The van der Waals surface area contributed by atoms with Crippen molar-refractivity contribution >= 4 is 18.2 Å². The third-order valence-electron chi connectivity index (χ3n) is 5.69. The average molecular weight is 481 g/mol. The summed E-state index contributed by atoms with van der Waals surface area (Å²) in [5, 5.41) is 10.8. The summed E-state index contributed by atoms with van der Waals surface area (Å²) in [4.78, 5) is 36.9. The molecule has 188 valence electrons. The summed E-state index contributed by atoms with van der Waals surface area (Å²) in [6, 6.07) is 1.32. The van der Waals surface area contributed by atoms with E-state index in [4.69, 9.17) is 4.74 Å². The van der Waals surface area contributed by atoms with Crippen LogP contribution < -0.4 is 5.43 Å². The number of benzene rings is 1. The summed E-state index contributed by atoms with van der Waals surface area (Å²) < 4.78 is 32.5. The maximum absolute atomic E-state index is 13.6. The number of carbonyl (C=O) groups is 3. The summed E-state index contributed by atoms with van der Waals surface area (Å²) in [7, 11) is 0. The van der Waals surface area contributed by atoms with Crippen LogP contribution in [0.1, 0.15) is 65.4 Å². The molecule has 2 atom stereocenters. The summed E-state index contributed by atoms with van der Waals surface area (Å²) in [6.45, 7) is 7.93. The van der Waals surface area contributed by atoms with Crippen molar-refractivity contribution in [2.45, 2.75) is 72.3 Å². The Morgan fingerprint density at radius 1 is 1.29 bits per heavy atom. The number of hydrogen-bond acceptors (Lipinski definition) is 6. The molecule has 1 aromatic carbocycles. The Kier molecular flexibility index (Phi) is 10.2. The molecule has 1 fully saturated rings. The van der Waals surface area contributed by atoms with E-state index in [2.05, 4.69) is 5.43 Å². The number of aldehydes is 1. The van der Waals surface area contributed by atoms with Gasteiger partial charge in [0.15, 0.2) is 17.4 Å². The molecule has 0 radical (unpaired) electrons. The zero-order valence-corrected chi connectivity index (χ0v) is 20.2. The van der Waals surface area contributed by atoms with Crippen LogP contribution in [0.3, 0.4) is 0 Å². The molecule has 0 saturated carbocycles. The molecule has 1 amide bonds. The molecular weight excluding hydrogens is 446 g/mol. The average Bonchev–Trinajstić information content (AvgIpc) is 2.79. The van der Waals surface area contributed by atoms with Gasteiger partial charge in [0.1, 0.15) is 18.1 Å². The first kappa shape index (κ1) is 27.4. The number of ether oxygens (including phenoxy) is 1. The normalized spacial score (nSPS) is 17.9. The molecule has 34 heavy (non-hydrogen) atoms. The smallest absolute Gasteiger partial charge is 0.330 e. The SMILES string of the molecule is CC/C(OC(=O)C1CCCN(C(=O)C(C)Cc2cc(O)c(F)c(F)c2)N1)=C(/CC=O)CC(C)C. The van der Waals surface area contributed by atoms with Crippen molar-refractivity contribution in [1.29, 1.82) is 0 Å². The number of hydrazine groups is 1. The predicted octanol–water partition coefficient (Wildman–Crippen LogP) is 4.19. The molecule has 2 N–H and O–H groups in total. The molecule has 0 bridgehead atoms. The zero-order valence-electron chi connectivity index (χ0n) is 20.2. The minimum atomic E-state index is -1.33. The standard InChI is InChI=1S/C25H34F2N2O5/c1-5-22(18(8-10-30)11-15(2)3)34-25(33)20-7-6-9-29(28-20)24(32)16(4)12-17-13-19(26)23(27)21(31)14-17/h10,13-16,20,28,31H,5-9,11-12H2,1-4H3/b22-18+. The van der Waals surface area contributed by atoms with Crippen LogP contribution in [0.4, 0.5) is 8.78 Å². The first-order valence-corrected chi connectivity index (χ1v) is 11.7. The number of halogens is 2. The van der Waals surface area contributed by atoms with Gasteiger partial charge in [-0.1, -0.05) is 27.7 Å². The summed E-state index contributed by atoms with van der Waals surface area (Å²) in [5.41, 5.74) is 4.01. The third kappa shape index (κ3) is 7.35. The van der Waals surface area contributed by atoms with Crippen molar-refractivity contribution in [2.75, 3.05) is 6.54 Å². The Labute approximate surface area is 199 Å². The Balaban J connectivity index is 2.06. The van der Waals surface area contributed by atoms with Gasteiger partial charge < -0.3 is 14.6 Å². The highest BCUT2D eigenvalue weighted by Crippen LogP contribution is 2.24. The van der Waals surface area contributed by atoms with E-state index < -0.39 is 35.3 Å². The van der Waals surface area contributed by atoms with Crippen LogP contribution in [-0.4, -0.2) is 40.9 Å². The van der Waals surface area contributed by atoms with E-state index in [1.807, 2.05) is 20.8 Å². The van der Waals surface area contributed by atoms with Crippen LogP contribution in [-0.2, 0) is 25.5 Å². The van der Waals surface area contributed by atoms with Crippen molar-refractivity contribution in [1.82, 2.24) is 10.4 Å². The first-order chi connectivity index (χ1) is 16.1. The molecule has 1 aliphatic rings. The molecule has 0 aromatic heterocycles. The molecule has 1 saturated heterocycles. The van der Waals surface area contributed by atoms with Gasteiger partial charge in [-0.2, -0.15) is 4.39 Å². The number of phenols is 1. The van der Waals surface area contributed by atoms with Gasteiger partial charge in [-0.25, -0.2) is 14.6 Å². The third-order valence-corrected chi connectivity index (χ3v) is 5.69. The second-order valence-corrected chi connectivity index (χ2v) is 9.10. The van der Waals surface area contributed by atoms with Gasteiger partial charge >= 0.3 is 5.97 Å². The van der Waals surface area contributed by atoms with Crippen LogP contribution in [0.25, 0.3) is 0 Å². The lowest BCUT2D eigenvalue weighted by molar-refractivity contribution is -0.150. The summed E-state index contributed by atoms with van der Waals surface area (Å²) in [5.74, 6) is -3.96. The van der Waals surface area contributed by atoms with E-state index in [0.29, 0.717) is 43.9 Å². The lowest BCUT2D eigenvalue weighted by Gasteiger charge is -2.34. The monoisotopic (exact) mass is 480 g/mol. The minimum absolute atomic E-state index is 0.0872. The Morgan fingerprint density at radius 3 is 2.59 bits per heavy atom. The highest BCUT2D eigenvalue weighted by molar-refractivity contribution is 5.81. The lowest BCUT2D eigenvalue weighted by atomic mass is 9.98. The molecular formula is C25H34F2N2O5. The topological polar surface area (TPSA) is 95.9 Å². The highest BCUT2D eigenvalue weighted by atomic mass is 19.2. The number of nitrogens with zero attached hydrogens (tertiary/aromatic N) is 1. The Bertz CT molecular complexity index is 909. The van der Waals surface area contributed by atoms with Gasteiger partial charge in [0.2, 0.25) is 5.91 Å². The van der Waals surface area contributed by atoms with E-state index in [0.717, 1.165) is 24.0 Å². The molecule has 2 unspecified atom stereocenters. The van der Waals surface area contributed by atoms with Crippen molar-refractivity contribution in [3.05, 3.63) is 40.7 Å². The number of rotatable bonds is 10. The van der Waals surface area contributed by atoms with Crippen LogP contribution in [0.15, 0.2) is 23.5 Å². The predicted molar refractivity (Wildman–Crippen MR) is 122 cm³/mol. The van der Waals surface area contributed by atoms with Gasteiger partial charge in [0.05, 0.1) is 0 Å². The van der Waals surface area contributed by atoms with Gasteiger partial charge in [-0.05, 0) is 54.9 Å². The minimum Gasteiger partial charge on any atom is -0.505 e. The lowest BCUT2D eigenvalue weighted by Crippen LogP contribution is -2.56. The number of allylic oxidation sites excluding steroid dienone is 2. The Hall–Kier alpha value is -2.81. The maximum atomic E-state index is 13.6. The van der Waals surface area contributed by atoms with Crippen molar-refractivity contribution in [3.63, 3.8) is 0 Å². The largest absolute Gasteiger partial charge is 0.505 e. The molecule has 0 aliphatic carbocycles. The highest BCUT2D eigenvalue weighted by Gasteiger charge is 2.32. The fourth-order valence-electron chi connectivity index (χ4n) is 4.06. The second-order valence-electron chi connectivity index (χ2n) is 9.10. The number of amides is 1. The molecule has 1 aliphatic heterocycles. The van der Waals surface area contributed by atoms with Gasteiger partial charge in [0.25, 0.3) is 0 Å². The van der Waals surface area contributed by atoms with Crippen LogP contribution >= 0.6 is 0 Å². The van der Waals surface area contributed by atoms with Gasteiger partial charge in [-0.3, -0.25) is 9.80 Å². The van der Waals surface area contributed by atoms with E-state index >= 15 is 0 Å². The van der Waals surface area contributed by atoms with Crippen molar-refractivity contribution in [2.24, 2.45) is 11.8 Å². The van der Waals surface area contributed by atoms with Crippen LogP contribution in [0.2, 0.25) is 0 Å². The maximum Gasteiger partial charge on any atom is 0.330 e. The van der Waals surface area contributed by atoms with Crippen molar-refractivity contribution in [3.8, 4) is 5.75 Å². The fourth-order valence-corrected chi connectivity index (χ4v) is 4.06. The molecule has 1 aromatic rings. The zero-order chi connectivity index (χ0) is 25.4. The second kappa shape index (κ2) is 12.6. The van der Waals surface area contributed by atoms with E-state index in [1.54, 1.807) is 6.92 Å². The first-order valence-electron chi connectivity index (χ1n) is 11.7. The molecule has 7 nitrogen and oxygen atoms in total. The fraction of sp³-hybridized carbons (Fsp3) is 0.560. The van der Waals surface area contributed by atoms with Crippen LogP contribution in [0, 0.1) is 23.5 Å². The molecule has 2 rings (SSSR count). The number of aromatic hydroxyl groups is 1. The number of hydrogen-bond donors (Lipinski definition) is 2. The molecule has 1 heterocycles. The van der Waals surface area contributed by atoms with Gasteiger partial charge in [-0.15, -0.1) is 0 Å². The number of carbonyl (C=O) groups excluding carboxylic acids is 3. The van der Waals surface area contributed by atoms with E-state index in [1.165, 1.54) is 5.01 Å². The quantitative estimate of drug-likeness (QED) is 0.296. The summed E-state index contributed by atoms with van der Waals surface area (Å²) in [6.07, 6.45) is 3.27. The van der Waals surface area contributed by atoms with Crippen LogP contribution in [0.5, 0.6) is 5.75 Å². The van der Waals surface area contributed by atoms with E-state index in [9.17, 15) is 28.3 Å². The number of phenolic OH excluding ortho intramolecular Hbond substituents is 1. The number of esters is 1. The Morgan fingerprint density at radius 2 is 2.00 bits per heavy atom. The van der Waals surface area contributed by atoms with E-state index in [-0.39, 0.29) is 24.3 Å². The summed E-state index contributed by atoms with van der Waals surface area (Å²) >= 11 is 0. The van der Waals surface area contributed by atoms with Gasteiger partial charge in [0, 0.05) is 25.3 Å².